The summed E-state index contributed by atoms with van der Waals surface area (Å²) in [5.74, 6) is 0. The molecule has 3 nitrogen and oxygen atoms in total. The summed E-state index contributed by atoms with van der Waals surface area (Å²) in [7, 11) is 1.75. The van der Waals surface area contributed by atoms with Gasteiger partial charge in [0.05, 0.1) is 16.6 Å². The van der Waals surface area contributed by atoms with Gasteiger partial charge in [-0.15, -0.1) is 0 Å². The summed E-state index contributed by atoms with van der Waals surface area (Å²) >= 11 is 6.21. The Labute approximate surface area is 121 Å². The lowest BCUT2D eigenvalue weighted by atomic mass is 10.0. The van der Waals surface area contributed by atoms with E-state index in [1.807, 2.05) is 25.1 Å². The molecule has 0 fully saturated rings. The van der Waals surface area contributed by atoms with Crippen molar-refractivity contribution in [1.82, 2.24) is 9.55 Å². The van der Waals surface area contributed by atoms with E-state index in [9.17, 15) is 4.79 Å². The van der Waals surface area contributed by atoms with Crippen LogP contribution in [0.25, 0.3) is 27.8 Å². The third kappa shape index (κ3) is 1.67. The minimum absolute atomic E-state index is 0.0551. The molecule has 20 heavy (non-hydrogen) atoms. The summed E-state index contributed by atoms with van der Waals surface area (Å²) in [6, 6.07) is 5.64. The number of aryl methyl sites for hydroxylation is 2. The van der Waals surface area contributed by atoms with Crippen LogP contribution in [0.3, 0.4) is 0 Å². The van der Waals surface area contributed by atoms with Crippen molar-refractivity contribution < 1.29 is 0 Å². The van der Waals surface area contributed by atoms with Gasteiger partial charge in [0.25, 0.3) is 5.56 Å². The molecule has 0 saturated carbocycles. The van der Waals surface area contributed by atoms with Gasteiger partial charge in [0.15, 0.2) is 0 Å². The maximum Gasteiger partial charge on any atom is 0.260 e. The van der Waals surface area contributed by atoms with Crippen LogP contribution in [0.4, 0.5) is 0 Å². The van der Waals surface area contributed by atoms with E-state index < -0.39 is 0 Å². The lowest BCUT2D eigenvalue weighted by Crippen LogP contribution is -2.18. The summed E-state index contributed by atoms with van der Waals surface area (Å²) in [6.45, 7) is 5.62. The maximum absolute atomic E-state index is 12.5. The summed E-state index contributed by atoms with van der Waals surface area (Å²) in [5, 5.41) is 3.12. The van der Waals surface area contributed by atoms with Gasteiger partial charge in [-0.2, -0.15) is 0 Å². The predicted octanol–water partition coefficient (Wildman–Crippen LogP) is 3.69. The average molecular weight is 285 g/mol. The van der Waals surface area contributed by atoms with Crippen molar-refractivity contribution in [2.45, 2.75) is 6.92 Å². The number of aromatic nitrogens is 2. The Morgan fingerprint density at radius 2 is 2.10 bits per heavy atom. The lowest BCUT2D eigenvalue weighted by molar-refractivity contribution is 0.915. The Kier molecular flexibility index (Phi) is 2.87. The Hall–Kier alpha value is -2.13. The third-order valence-corrected chi connectivity index (χ3v) is 3.97. The number of benzene rings is 1. The fraction of sp³-hybridized carbons (Fsp3) is 0.125. The maximum atomic E-state index is 12.5. The molecule has 2 aromatic heterocycles. The number of fused-ring (bicyclic) bond motifs is 3. The van der Waals surface area contributed by atoms with Crippen molar-refractivity contribution >= 4 is 39.4 Å². The van der Waals surface area contributed by atoms with Crippen LogP contribution < -0.4 is 5.56 Å². The molecule has 0 aliphatic heterocycles. The molecule has 0 saturated heterocycles. The minimum Gasteiger partial charge on any atom is -0.311 e. The number of rotatable bonds is 1. The zero-order valence-electron chi connectivity index (χ0n) is 11.3. The van der Waals surface area contributed by atoms with E-state index in [-0.39, 0.29) is 5.56 Å². The second-order valence-corrected chi connectivity index (χ2v) is 5.19. The first-order valence-corrected chi connectivity index (χ1v) is 6.62. The molecule has 0 amide bonds. The molecule has 0 spiro atoms. The van der Waals surface area contributed by atoms with E-state index in [0.29, 0.717) is 10.4 Å². The van der Waals surface area contributed by atoms with Crippen LogP contribution in [0.5, 0.6) is 0 Å². The zero-order chi connectivity index (χ0) is 14.4. The molecule has 0 aliphatic rings. The van der Waals surface area contributed by atoms with Crippen molar-refractivity contribution in [3.63, 3.8) is 0 Å². The highest BCUT2D eigenvalue weighted by Gasteiger charge is 2.12. The molecule has 0 N–H and O–H groups in total. The van der Waals surface area contributed by atoms with Crippen molar-refractivity contribution in [3.8, 4) is 0 Å². The van der Waals surface area contributed by atoms with Crippen LogP contribution in [0.2, 0.25) is 5.02 Å². The van der Waals surface area contributed by atoms with Crippen LogP contribution in [0, 0.1) is 6.92 Å². The quantitative estimate of drug-likeness (QED) is 0.639. The number of pyridine rings is 2. The number of hydrogen-bond acceptors (Lipinski definition) is 2. The monoisotopic (exact) mass is 284 g/mol. The van der Waals surface area contributed by atoms with Crippen molar-refractivity contribution in [2.75, 3.05) is 0 Å². The van der Waals surface area contributed by atoms with Gasteiger partial charge in [-0.3, -0.25) is 9.78 Å². The summed E-state index contributed by atoms with van der Waals surface area (Å²) in [6.07, 6.45) is 3.44. The van der Waals surface area contributed by atoms with Crippen LogP contribution in [0.15, 0.2) is 35.8 Å². The normalized spacial score (nSPS) is 11.2. The Balaban J connectivity index is 2.69. The standard InChI is InChI=1S/C16H13ClN2O/c1-4-10-7-12-11-5-6-18-9(2)15(11)16(20)19(3)14(12)8-13(10)17/h4-8H,1H2,2-3H3. The highest BCUT2D eigenvalue weighted by molar-refractivity contribution is 6.33. The number of halogens is 1. The SMILES string of the molecule is C=Cc1cc2c3ccnc(C)c3c(=O)n(C)c2cc1Cl. The predicted molar refractivity (Wildman–Crippen MR) is 84.3 cm³/mol. The number of hydrogen-bond donors (Lipinski definition) is 0. The minimum atomic E-state index is -0.0551. The van der Waals surface area contributed by atoms with Crippen molar-refractivity contribution in [3.05, 3.63) is 57.6 Å². The Bertz CT molecular complexity index is 925. The highest BCUT2D eigenvalue weighted by atomic mass is 35.5. The van der Waals surface area contributed by atoms with E-state index in [4.69, 9.17) is 11.6 Å². The van der Waals surface area contributed by atoms with Crippen LogP contribution >= 0.6 is 11.6 Å². The first kappa shape index (κ1) is 12.9. The molecule has 4 heteroatoms. The summed E-state index contributed by atoms with van der Waals surface area (Å²) < 4.78 is 1.62. The number of nitrogens with zero attached hydrogens (tertiary/aromatic N) is 2. The van der Waals surface area contributed by atoms with E-state index in [0.717, 1.165) is 27.5 Å². The molecule has 3 aromatic rings. The zero-order valence-corrected chi connectivity index (χ0v) is 12.0. The Morgan fingerprint density at radius 3 is 2.80 bits per heavy atom. The van der Waals surface area contributed by atoms with Crippen LogP contribution in [-0.4, -0.2) is 9.55 Å². The highest BCUT2D eigenvalue weighted by Crippen LogP contribution is 2.29. The molecule has 0 atom stereocenters. The van der Waals surface area contributed by atoms with Crippen molar-refractivity contribution in [1.29, 1.82) is 0 Å². The molecular weight excluding hydrogens is 272 g/mol. The second kappa shape index (κ2) is 4.46. The molecule has 0 radical (unpaired) electrons. The first-order valence-electron chi connectivity index (χ1n) is 6.24. The van der Waals surface area contributed by atoms with E-state index in [1.54, 1.807) is 23.9 Å². The smallest absolute Gasteiger partial charge is 0.260 e. The Morgan fingerprint density at radius 1 is 1.35 bits per heavy atom. The third-order valence-electron chi connectivity index (χ3n) is 3.65. The summed E-state index contributed by atoms with van der Waals surface area (Å²) in [4.78, 5) is 16.7. The van der Waals surface area contributed by atoms with E-state index in [2.05, 4.69) is 11.6 Å². The van der Waals surface area contributed by atoms with Gasteiger partial charge in [0.1, 0.15) is 0 Å². The molecular formula is C16H13ClN2O. The molecule has 0 aliphatic carbocycles. The second-order valence-electron chi connectivity index (χ2n) is 4.78. The average Bonchev–Trinajstić information content (AvgIpc) is 2.44. The van der Waals surface area contributed by atoms with Gasteiger partial charge in [0.2, 0.25) is 0 Å². The van der Waals surface area contributed by atoms with Gasteiger partial charge >= 0.3 is 0 Å². The van der Waals surface area contributed by atoms with Gasteiger partial charge in [-0.1, -0.05) is 24.3 Å². The molecule has 3 rings (SSSR count). The largest absolute Gasteiger partial charge is 0.311 e. The fourth-order valence-electron chi connectivity index (χ4n) is 2.57. The molecule has 0 bridgehead atoms. The van der Waals surface area contributed by atoms with Crippen LogP contribution in [0.1, 0.15) is 11.3 Å². The molecule has 1 aromatic carbocycles. The first-order chi connectivity index (χ1) is 9.54. The van der Waals surface area contributed by atoms with Gasteiger partial charge in [-0.05, 0) is 36.1 Å². The van der Waals surface area contributed by atoms with Gasteiger partial charge < -0.3 is 4.57 Å². The topological polar surface area (TPSA) is 34.9 Å². The van der Waals surface area contributed by atoms with Crippen LogP contribution in [-0.2, 0) is 7.05 Å². The molecule has 100 valence electrons. The van der Waals surface area contributed by atoms with E-state index >= 15 is 0 Å². The van der Waals surface area contributed by atoms with E-state index in [1.165, 1.54) is 0 Å². The fourth-order valence-corrected chi connectivity index (χ4v) is 2.80. The van der Waals surface area contributed by atoms with Crippen molar-refractivity contribution in [2.24, 2.45) is 7.05 Å². The summed E-state index contributed by atoms with van der Waals surface area (Å²) in [5.41, 5.74) is 2.35. The van der Waals surface area contributed by atoms with Gasteiger partial charge in [0, 0.05) is 23.7 Å². The molecule has 0 unspecified atom stereocenters. The molecule has 2 heterocycles. The lowest BCUT2D eigenvalue weighted by Gasteiger charge is -2.12. The van der Waals surface area contributed by atoms with Gasteiger partial charge in [-0.25, -0.2) is 0 Å².